The summed E-state index contributed by atoms with van der Waals surface area (Å²) < 4.78 is 29.0. The van der Waals surface area contributed by atoms with E-state index >= 15 is 0 Å². The molecule has 1 unspecified atom stereocenters. The quantitative estimate of drug-likeness (QED) is 0.461. The standard InChI is InChI=1S/C22H30N4O8S/c1-21(2,3)34-20(30)26(31)22(4)17(14-6-8-16(9-7-14)35(5,32)33)23-25(18(22)27)15-10-12-24(13-11-15)19(28)29/h6-9,15,31H,10-13H2,1-5H3,(H,28,29). The first-order chi connectivity index (χ1) is 16.1. The number of hydrogen-bond acceptors (Lipinski definition) is 8. The molecular formula is C22H30N4O8S. The Hall–Kier alpha value is -3.19. The first kappa shape index (κ1) is 26.4. The number of benzene rings is 1. The molecule has 2 N–H and O–H groups in total. The highest BCUT2D eigenvalue weighted by Gasteiger charge is 2.56. The van der Waals surface area contributed by atoms with E-state index in [0.717, 1.165) is 6.26 Å². The number of carboxylic acid groups (broad SMARTS) is 1. The molecule has 12 nitrogen and oxygen atoms in total. The Labute approximate surface area is 203 Å². The molecule has 1 fully saturated rings. The first-order valence-electron chi connectivity index (χ1n) is 11.0. The van der Waals surface area contributed by atoms with Crippen LogP contribution in [-0.4, -0.2) is 94.0 Å². The van der Waals surface area contributed by atoms with Crippen LogP contribution in [0.1, 0.15) is 46.1 Å². The number of piperidine rings is 1. The highest BCUT2D eigenvalue weighted by Crippen LogP contribution is 2.34. The number of nitrogens with zero attached hydrogens (tertiary/aromatic N) is 4. The second kappa shape index (κ2) is 9.11. The zero-order valence-electron chi connectivity index (χ0n) is 20.3. The molecule has 0 spiro atoms. The minimum Gasteiger partial charge on any atom is -0.465 e. The average molecular weight is 511 g/mol. The molecule has 1 atom stereocenters. The smallest absolute Gasteiger partial charge is 0.435 e. The summed E-state index contributed by atoms with van der Waals surface area (Å²) in [5, 5.41) is 25.9. The molecule has 1 aromatic rings. The van der Waals surface area contributed by atoms with Crippen molar-refractivity contribution in [3.8, 4) is 0 Å². The van der Waals surface area contributed by atoms with Gasteiger partial charge in [0.25, 0.3) is 5.91 Å². The number of amides is 3. The molecule has 3 rings (SSSR count). The van der Waals surface area contributed by atoms with Crippen LogP contribution in [0.15, 0.2) is 34.3 Å². The van der Waals surface area contributed by atoms with E-state index in [0.29, 0.717) is 18.4 Å². The zero-order chi connectivity index (χ0) is 26.3. The molecule has 192 valence electrons. The topological polar surface area (TPSA) is 157 Å². The molecule has 3 amide bonds. The Morgan fingerprint density at radius 3 is 2.17 bits per heavy atom. The van der Waals surface area contributed by atoms with Crippen LogP contribution in [0.3, 0.4) is 0 Å². The Balaban J connectivity index is 2.02. The number of hydrogen-bond donors (Lipinski definition) is 2. The van der Waals surface area contributed by atoms with Gasteiger partial charge in [-0.1, -0.05) is 12.1 Å². The summed E-state index contributed by atoms with van der Waals surface area (Å²) in [6, 6.07) is 5.13. The maximum atomic E-state index is 13.6. The molecule has 0 aliphatic carbocycles. The molecule has 1 saturated heterocycles. The highest BCUT2D eigenvalue weighted by atomic mass is 32.2. The molecule has 13 heteroatoms. The SMILES string of the molecule is CC(C)(C)OC(=O)N(O)C1(C)C(=O)N(C2CCN(C(=O)O)CC2)N=C1c1ccc(S(C)(=O)=O)cc1. The Bertz CT molecular complexity index is 1150. The van der Waals surface area contributed by atoms with Gasteiger partial charge in [-0.3, -0.25) is 10.0 Å². The number of hydroxylamine groups is 2. The van der Waals surface area contributed by atoms with Gasteiger partial charge in [0.15, 0.2) is 15.4 Å². The number of carbonyl (C=O) groups excluding carboxylic acids is 2. The predicted molar refractivity (Wildman–Crippen MR) is 124 cm³/mol. The van der Waals surface area contributed by atoms with Gasteiger partial charge >= 0.3 is 12.2 Å². The van der Waals surface area contributed by atoms with Gasteiger partial charge in [-0.05, 0) is 52.7 Å². The van der Waals surface area contributed by atoms with Crippen molar-refractivity contribution < 1.29 is 37.9 Å². The normalized spacial score (nSPS) is 21.7. The molecule has 0 bridgehead atoms. The largest absolute Gasteiger partial charge is 0.465 e. The van der Waals surface area contributed by atoms with Crippen LogP contribution in [0.5, 0.6) is 0 Å². The van der Waals surface area contributed by atoms with E-state index in [9.17, 15) is 33.1 Å². The minimum atomic E-state index is -3.48. The van der Waals surface area contributed by atoms with Gasteiger partial charge in [0.1, 0.15) is 11.3 Å². The lowest BCUT2D eigenvalue weighted by atomic mass is 9.89. The van der Waals surface area contributed by atoms with E-state index in [4.69, 9.17) is 4.74 Å². The highest BCUT2D eigenvalue weighted by molar-refractivity contribution is 7.90. The Kier molecular flexibility index (Phi) is 6.88. The number of carbonyl (C=O) groups is 3. The summed E-state index contributed by atoms with van der Waals surface area (Å²) >= 11 is 0. The van der Waals surface area contributed by atoms with Crippen molar-refractivity contribution in [3.05, 3.63) is 29.8 Å². The summed E-state index contributed by atoms with van der Waals surface area (Å²) in [5.74, 6) is -0.693. The van der Waals surface area contributed by atoms with Gasteiger partial charge in [0, 0.05) is 24.9 Å². The fourth-order valence-electron chi connectivity index (χ4n) is 4.00. The van der Waals surface area contributed by atoms with E-state index in [1.807, 2.05) is 0 Å². The monoisotopic (exact) mass is 510 g/mol. The van der Waals surface area contributed by atoms with Gasteiger partial charge in [0.2, 0.25) is 0 Å². The molecule has 0 aromatic heterocycles. The fourth-order valence-corrected chi connectivity index (χ4v) is 4.63. The van der Waals surface area contributed by atoms with Gasteiger partial charge < -0.3 is 14.7 Å². The predicted octanol–water partition coefficient (Wildman–Crippen LogP) is 2.16. The van der Waals surface area contributed by atoms with Crippen molar-refractivity contribution in [3.63, 3.8) is 0 Å². The lowest BCUT2D eigenvalue weighted by molar-refractivity contribution is -0.165. The van der Waals surface area contributed by atoms with Gasteiger partial charge in [0.05, 0.1) is 10.9 Å². The second-order valence-electron chi connectivity index (χ2n) is 9.76. The molecular weight excluding hydrogens is 480 g/mol. The van der Waals surface area contributed by atoms with Gasteiger partial charge in [-0.15, -0.1) is 0 Å². The van der Waals surface area contributed by atoms with Crippen LogP contribution in [0.4, 0.5) is 9.59 Å². The summed E-state index contributed by atoms with van der Waals surface area (Å²) in [4.78, 5) is 38.9. The van der Waals surface area contributed by atoms with Crippen LogP contribution < -0.4 is 0 Å². The van der Waals surface area contributed by atoms with Crippen LogP contribution in [0.2, 0.25) is 0 Å². The lowest BCUT2D eigenvalue weighted by Crippen LogP contribution is -2.60. The van der Waals surface area contributed by atoms with E-state index in [-0.39, 0.29) is 28.8 Å². The maximum absolute atomic E-state index is 13.6. The van der Waals surface area contributed by atoms with Crippen LogP contribution in [0.25, 0.3) is 0 Å². The van der Waals surface area contributed by atoms with E-state index in [2.05, 4.69) is 5.10 Å². The number of rotatable bonds is 4. The Morgan fingerprint density at radius 2 is 1.71 bits per heavy atom. The Morgan fingerprint density at radius 1 is 1.17 bits per heavy atom. The molecule has 2 heterocycles. The summed E-state index contributed by atoms with van der Waals surface area (Å²) in [5.41, 5.74) is -2.58. The van der Waals surface area contributed by atoms with Crippen LogP contribution in [0, 0.1) is 0 Å². The van der Waals surface area contributed by atoms with Crippen molar-refractivity contribution in [2.24, 2.45) is 5.10 Å². The van der Waals surface area contributed by atoms with Crippen LogP contribution in [-0.2, 0) is 19.4 Å². The van der Waals surface area contributed by atoms with Crippen molar-refractivity contribution in [1.29, 1.82) is 0 Å². The molecule has 0 radical (unpaired) electrons. The zero-order valence-corrected chi connectivity index (χ0v) is 21.1. The van der Waals surface area contributed by atoms with Crippen molar-refractivity contribution >= 4 is 33.6 Å². The van der Waals surface area contributed by atoms with Crippen molar-refractivity contribution in [1.82, 2.24) is 15.0 Å². The third-order valence-corrected chi connectivity index (χ3v) is 7.05. The molecule has 1 aromatic carbocycles. The summed E-state index contributed by atoms with van der Waals surface area (Å²) in [6.45, 7) is 6.55. The minimum absolute atomic E-state index is 0.0246. The van der Waals surface area contributed by atoms with Crippen LogP contribution >= 0.6 is 0 Å². The van der Waals surface area contributed by atoms with Crippen molar-refractivity contribution in [2.45, 2.75) is 62.6 Å². The third-order valence-electron chi connectivity index (χ3n) is 5.92. The number of hydrazone groups is 1. The van der Waals surface area contributed by atoms with E-state index < -0.39 is 45.1 Å². The van der Waals surface area contributed by atoms with E-state index in [1.54, 1.807) is 20.8 Å². The fraction of sp³-hybridized carbons (Fsp3) is 0.545. The number of sulfone groups is 1. The average Bonchev–Trinajstić information content (AvgIpc) is 3.03. The first-order valence-corrected chi connectivity index (χ1v) is 12.9. The maximum Gasteiger partial charge on any atom is 0.435 e. The van der Waals surface area contributed by atoms with E-state index in [1.165, 1.54) is 41.1 Å². The lowest BCUT2D eigenvalue weighted by Gasteiger charge is -2.36. The summed E-state index contributed by atoms with van der Waals surface area (Å²) in [6.07, 6.45) is -0.517. The number of ether oxygens (including phenoxy) is 1. The van der Waals surface area contributed by atoms with Gasteiger partial charge in [-0.25, -0.2) is 23.0 Å². The molecule has 0 saturated carbocycles. The molecule has 35 heavy (non-hydrogen) atoms. The second-order valence-corrected chi connectivity index (χ2v) is 11.8. The van der Waals surface area contributed by atoms with Crippen molar-refractivity contribution in [2.75, 3.05) is 19.3 Å². The van der Waals surface area contributed by atoms with Gasteiger partial charge in [-0.2, -0.15) is 10.2 Å². The molecule has 2 aliphatic rings. The third kappa shape index (κ3) is 5.25. The molecule has 2 aliphatic heterocycles. The number of likely N-dealkylation sites (tertiary alicyclic amines) is 1. The summed E-state index contributed by atoms with van der Waals surface area (Å²) in [7, 11) is -3.48.